The van der Waals surface area contributed by atoms with Crippen LogP contribution in [0.4, 0.5) is 5.13 Å². The van der Waals surface area contributed by atoms with Gasteiger partial charge in [0, 0.05) is 4.88 Å². The Morgan fingerprint density at radius 3 is 2.16 bits per heavy atom. The number of thiazole rings is 1. The van der Waals surface area contributed by atoms with Crippen molar-refractivity contribution in [1.82, 2.24) is 15.2 Å². The molecule has 0 unspecified atom stereocenters. The molecule has 0 fully saturated rings. The number of carbonyl (C=O) groups is 2. The number of esters is 2. The van der Waals surface area contributed by atoms with E-state index in [1.807, 2.05) is 12.1 Å². The molecule has 0 saturated carbocycles. The lowest BCUT2D eigenvalue weighted by molar-refractivity contribution is -0.145. The van der Waals surface area contributed by atoms with Crippen molar-refractivity contribution >= 4 is 42.1 Å². The fourth-order valence-electron chi connectivity index (χ4n) is 2.84. The summed E-state index contributed by atoms with van der Waals surface area (Å²) in [6.45, 7) is 11.7. The van der Waals surface area contributed by atoms with Crippen LogP contribution in [-0.4, -0.2) is 42.2 Å². The van der Waals surface area contributed by atoms with Crippen molar-refractivity contribution in [3.63, 3.8) is 0 Å². The van der Waals surface area contributed by atoms with Crippen LogP contribution in [-0.2, 0) is 25.5 Å². The maximum Gasteiger partial charge on any atom is 0.323 e. The van der Waals surface area contributed by atoms with E-state index in [9.17, 15) is 9.59 Å². The van der Waals surface area contributed by atoms with Crippen molar-refractivity contribution in [3.8, 4) is 11.5 Å². The third-order valence-corrected chi connectivity index (χ3v) is 7.16. The summed E-state index contributed by atoms with van der Waals surface area (Å²) >= 11 is 1.45. The highest BCUT2D eigenvalue weighted by atomic mass is 32.1. The summed E-state index contributed by atoms with van der Waals surface area (Å²) in [5.74, 6) is 0.263. The Morgan fingerprint density at radius 1 is 1.09 bits per heavy atom. The van der Waals surface area contributed by atoms with E-state index < -0.39 is 20.3 Å². The fourth-order valence-corrected chi connectivity index (χ4v) is 5.62. The molecule has 2 heterocycles. The molecule has 4 N–H and O–H groups in total. The van der Waals surface area contributed by atoms with Gasteiger partial charge >= 0.3 is 11.9 Å². The van der Waals surface area contributed by atoms with Crippen molar-refractivity contribution in [2.24, 2.45) is 5.92 Å². The van der Waals surface area contributed by atoms with Gasteiger partial charge in [-0.1, -0.05) is 13.8 Å². The monoisotopic (exact) mass is 484 g/mol. The first-order valence-corrected chi connectivity index (χ1v) is 12.8. The number of nitrogens with two attached hydrogens (primary N) is 1. The Kier molecular flexibility index (Phi) is 10.1. The number of nitrogens with zero attached hydrogens (tertiary/aromatic N) is 1. The van der Waals surface area contributed by atoms with Crippen LogP contribution < -0.4 is 21.4 Å². The molecule has 0 bridgehead atoms. The molecular weight excluding hydrogens is 451 g/mol. The number of furan rings is 1. The highest BCUT2D eigenvalue weighted by molar-refractivity contribution is 7.61. The van der Waals surface area contributed by atoms with Gasteiger partial charge in [0.2, 0.25) is 0 Å². The third kappa shape index (κ3) is 7.27. The molecule has 0 spiro atoms. The minimum absolute atomic E-state index is 0.282. The number of hydrogen-bond donors (Lipinski definition) is 3. The molecule has 0 aliphatic rings. The van der Waals surface area contributed by atoms with E-state index in [0.717, 1.165) is 17.0 Å². The second-order valence-electron chi connectivity index (χ2n) is 7.60. The molecule has 0 aromatic carbocycles. The SMILES string of the molecule is CCOC(=O)[C@H](C)NP(N[C@@H](C)C(=O)OCC)c1ccc(-c2nc(N)sc2CC(C)C)o1. The van der Waals surface area contributed by atoms with Gasteiger partial charge in [0.1, 0.15) is 26.0 Å². The van der Waals surface area contributed by atoms with Gasteiger partial charge in [0.05, 0.1) is 13.2 Å². The molecule has 0 saturated heterocycles. The molecule has 0 amide bonds. The molecule has 2 aromatic rings. The number of aromatic nitrogens is 1. The molecule has 32 heavy (non-hydrogen) atoms. The molecule has 2 atom stereocenters. The molecular formula is C21H33N4O5PS. The van der Waals surface area contributed by atoms with Gasteiger partial charge in [0.15, 0.2) is 16.4 Å². The maximum atomic E-state index is 12.2. The Labute approximate surface area is 194 Å². The van der Waals surface area contributed by atoms with Crippen molar-refractivity contribution in [2.75, 3.05) is 18.9 Å². The van der Waals surface area contributed by atoms with Crippen molar-refractivity contribution < 1.29 is 23.5 Å². The number of hydrogen-bond acceptors (Lipinski definition) is 10. The summed E-state index contributed by atoms with van der Waals surface area (Å²) in [5, 5.41) is 6.88. The first kappa shape index (κ1) is 26.3. The zero-order valence-corrected chi connectivity index (χ0v) is 21.1. The number of carbonyl (C=O) groups excluding carboxylic acids is 2. The molecule has 178 valence electrons. The van der Waals surface area contributed by atoms with Gasteiger partial charge < -0.3 is 19.6 Å². The van der Waals surface area contributed by atoms with E-state index in [1.54, 1.807) is 27.7 Å². The number of ether oxygens (including phenoxy) is 2. The van der Waals surface area contributed by atoms with Crippen molar-refractivity contribution in [1.29, 1.82) is 0 Å². The van der Waals surface area contributed by atoms with Gasteiger partial charge in [-0.15, -0.1) is 11.3 Å². The summed E-state index contributed by atoms with van der Waals surface area (Å²) in [6, 6.07) is 2.42. The van der Waals surface area contributed by atoms with Crippen LogP contribution in [0.5, 0.6) is 0 Å². The van der Waals surface area contributed by atoms with Crippen LogP contribution >= 0.6 is 19.6 Å². The smallest absolute Gasteiger partial charge is 0.323 e. The average molecular weight is 485 g/mol. The van der Waals surface area contributed by atoms with E-state index in [2.05, 4.69) is 29.0 Å². The first-order chi connectivity index (χ1) is 15.2. The number of rotatable bonds is 12. The number of nitrogen functional groups attached to an aromatic ring is 1. The molecule has 2 rings (SSSR count). The lowest BCUT2D eigenvalue weighted by Crippen LogP contribution is -2.42. The Morgan fingerprint density at radius 2 is 1.66 bits per heavy atom. The van der Waals surface area contributed by atoms with Crippen molar-refractivity contribution in [3.05, 3.63) is 17.0 Å². The predicted octanol–water partition coefficient (Wildman–Crippen LogP) is 3.20. The second kappa shape index (κ2) is 12.3. The maximum absolute atomic E-state index is 12.2. The summed E-state index contributed by atoms with van der Waals surface area (Å²) in [7, 11) is -1.43. The van der Waals surface area contributed by atoms with Crippen LogP contribution in [0.1, 0.15) is 46.4 Å². The summed E-state index contributed by atoms with van der Waals surface area (Å²) < 4.78 is 16.3. The Bertz CT molecular complexity index is 875. The highest BCUT2D eigenvalue weighted by Crippen LogP contribution is 2.35. The van der Waals surface area contributed by atoms with Crippen LogP contribution in [0, 0.1) is 5.92 Å². The lowest BCUT2D eigenvalue weighted by Gasteiger charge is -2.24. The summed E-state index contributed by atoms with van der Waals surface area (Å²) in [4.78, 5) is 29.8. The lowest BCUT2D eigenvalue weighted by atomic mass is 10.1. The molecule has 0 radical (unpaired) electrons. The quantitative estimate of drug-likeness (QED) is 0.307. The number of nitrogens with one attached hydrogen (secondary N) is 2. The van der Waals surface area contributed by atoms with Crippen LogP contribution in [0.15, 0.2) is 16.5 Å². The topological polar surface area (TPSA) is 129 Å². The van der Waals surface area contributed by atoms with Crippen LogP contribution in [0.2, 0.25) is 0 Å². The van der Waals surface area contributed by atoms with E-state index in [4.69, 9.17) is 19.6 Å². The van der Waals surface area contributed by atoms with Crippen molar-refractivity contribution in [2.45, 2.75) is 60.0 Å². The summed E-state index contributed by atoms with van der Waals surface area (Å²) in [6.07, 6.45) is 0.839. The zero-order valence-electron chi connectivity index (χ0n) is 19.4. The van der Waals surface area contributed by atoms with Gasteiger partial charge in [-0.25, -0.2) is 4.98 Å². The third-order valence-electron chi connectivity index (χ3n) is 4.28. The average Bonchev–Trinajstić information content (AvgIpc) is 3.33. The van der Waals surface area contributed by atoms with E-state index in [0.29, 0.717) is 22.3 Å². The van der Waals surface area contributed by atoms with E-state index in [-0.39, 0.29) is 25.2 Å². The van der Waals surface area contributed by atoms with Gasteiger partial charge in [-0.05, 0) is 52.2 Å². The summed E-state index contributed by atoms with van der Waals surface area (Å²) in [5.41, 5.74) is 7.24. The zero-order chi connectivity index (χ0) is 23.8. The van der Waals surface area contributed by atoms with Crippen LogP contribution in [0.25, 0.3) is 11.5 Å². The molecule has 2 aromatic heterocycles. The largest absolute Gasteiger partial charge is 0.465 e. The Hall–Kier alpha value is -2.00. The first-order valence-electron chi connectivity index (χ1n) is 10.7. The van der Waals surface area contributed by atoms with Gasteiger partial charge in [0.25, 0.3) is 0 Å². The fraction of sp³-hybridized carbons (Fsp3) is 0.571. The molecule has 9 nitrogen and oxygen atoms in total. The molecule has 0 aliphatic heterocycles. The second-order valence-corrected chi connectivity index (χ2v) is 10.3. The highest BCUT2D eigenvalue weighted by Gasteiger charge is 2.27. The standard InChI is InChI=1S/C21H33N4O5PS/c1-7-28-19(26)13(5)24-31(25-14(6)20(27)29-8-2)17-10-9-15(30-17)18-16(11-12(3)4)32-21(22)23-18/h9-10,12-14,24-25H,7-8,11H2,1-6H3,(H2,22,23)/t13-,14-/m0/s1. The molecule has 0 aliphatic carbocycles. The number of anilines is 1. The molecule has 11 heteroatoms. The minimum atomic E-state index is -1.43. The van der Waals surface area contributed by atoms with Gasteiger partial charge in [-0.3, -0.25) is 19.8 Å². The van der Waals surface area contributed by atoms with Gasteiger partial charge in [-0.2, -0.15) is 0 Å². The van der Waals surface area contributed by atoms with E-state index >= 15 is 0 Å². The Balaban J connectivity index is 2.30. The normalized spacial score (nSPS) is 13.4. The minimum Gasteiger partial charge on any atom is -0.465 e. The van der Waals surface area contributed by atoms with Crippen LogP contribution in [0.3, 0.4) is 0 Å². The van der Waals surface area contributed by atoms with E-state index in [1.165, 1.54) is 11.3 Å². The predicted molar refractivity (Wildman–Crippen MR) is 128 cm³/mol.